The van der Waals surface area contributed by atoms with Crippen molar-refractivity contribution in [3.63, 3.8) is 0 Å². The Labute approximate surface area is 194 Å². The van der Waals surface area contributed by atoms with Gasteiger partial charge >= 0.3 is 0 Å². The number of furan rings is 1. The number of rotatable bonds is 11. The summed E-state index contributed by atoms with van der Waals surface area (Å²) in [5.41, 5.74) is 1.95. The average molecular weight is 456 g/mol. The van der Waals surface area contributed by atoms with Crippen molar-refractivity contribution < 1.29 is 23.4 Å². The minimum Gasteiger partial charge on any atom is -0.492 e. The van der Waals surface area contributed by atoms with E-state index in [1.165, 1.54) is 19.3 Å². The number of carbonyl (C=O) groups is 1. The van der Waals surface area contributed by atoms with Gasteiger partial charge in [-0.25, -0.2) is 0 Å². The van der Waals surface area contributed by atoms with Crippen LogP contribution >= 0.6 is 0 Å². The maximum absolute atomic E-state index is 13.6. The van der Waals surface area contributed by atoms with E-state index < -0.39 is 0 Å². The second kappa shape index (κ2) is 10.7. The highest BCUT2D eigenvalue weighted by molar-refractivity contribution is 6.09. The van der Waals surface area contributed by atoms with Crippen molar-refractivity contribution in [2.24, 2.45) is 7.05 Å². The van der Waals surface area contributed by atoms with Crippen molar-refractivity contribution in [1.29, 1.82) is 0 Å². The Kier molecular flexibility index (Phi) is 7.54. The SMILES string of the molecule is CCOc1c(C(=O)CCc2cnn(C)c2)c(OCCN2CCCCC2)c(OC)c2occc12. The number of ether oxygens (including phenoxy) is 3. The molecule has 8 heteroatoms. The first kappa shape index (κ1) is 23.2. The van der Waals surface area contributed by atoms with Gasteiger partial charge in [0.25, 0.3) is 0 Å². The molecule has 1 aliphatic heterocycles. The lowest BCUT2D eigenvalue weighted by Crippen LogP contribution is -2.33. The summed E-state index contributed by atoms with van der Waals surface area (Å²) in [7, 11) is 3.43. The number of ketones is 1. The standard InChI is InChI=1S/C25H33N3O5/c1-4-31-22-19-10-14-32-23(19)25(30-3)24(33-15-13-28-11-6-5-7-12-28)21(22)20(29)9-8-18-16-26-27(2)17-18/h10,14,16-17H,4-9,11-13,15H2,1-3H3. The van der Waals surface area contributed by atoms with Gasteiger partial charge < -0.3 is 18.6 Å². The molecule has 0 atom stereocenters. The molecule has 1 saturated heterocycles. The first-order valence-electron chi connectivity index (χ1n) is 11.7. The van der Waals surface area contributed by atoms with Crippen LogP contribution in [-0.2, 0) is 13.5 Å². The molecule has 178 valence electrons. The zero-order valence-corrected chi connectivity index (χ0v) is 19.8. The molecule has 0 amide bonds. The lowest BCUT2D eigenvalue weighted by molar-refractivity contribution is 0.0973. The van der Waals surface area contributed by atoms with Gasteiger partial charge in [0, 0.05) is 26.2 Å². The maximum atomic E-state index is 13.6. The van der Waals surface area contributed by atoms with E-state index in [0.29, 0.717) is 59.8 Å². The third kappa shape index (κ3) is 5.16. The van der Waals surface area contributed by atoms with E-state index in [0.717, 1.165) is 25.2 Å². The maximum Gasteiger partial charge on any atom is 0.205 e. The summed E-state index contributed by atoms with van der Waals surface area (Å²) in [6, 6.07) is 1.80. The Morgan fingerprint density at radius 2 is 1.97 bits per heavy atom. The number of likely N-dealkylation sites (tertiary alicyclic amines) is 1. The predicted octanol–water partition coefficient (Wildman–Crippen LogP) is 4.25. The van der Waals surface area contributed by atoms with Gasteiger partial charge in [-0.2, -0.15) is 5.10 Å². The second-order valence-electron chi connectivity index (χ2n) is 8.36. The fraction of sp³-hybridized carbons (Fsp3) is 0.520. The van der Waals surface area contributed by atoms with E-state index in [9.17, 15) is 4.79 Å². The van der Waals surface area contributed by atoms with Crippen molar-refractivity contribution in [2.45, 2.75) is 39.0 Å². The van der Waals surface area contributed by atoms with Crippen LogP contribution < -0.4 is 14.2 Å². The minimum atomic E-state index is -0.0586. The molecule has 0 N–H and O–H groups in total. The zero-order chi connectivity index (χ0) is 23.2. The molecule has 0 bridgehead atoms. The Hall–Kier alpha value is -3.00. The van der Waals surface area contributed by atoms with Crippen molar-refractivity contribution >= 4 is 16.8 Å². The molecular weight excluding hydrogens is 422 g/mol. The highest BCUT2D eigenvalue weighted by Crippen LogP contribution is 2.47. The van der Waals surface area contributed by atoms with Crippen LogP contribution in [-0.4, -0.2) is 60.4 Å². The molecule has 1 fully saturated rings. The number of methoxy groups -OCH3 is 1. The summed E-state index contributed by atoms with van der Waals surface area (Å²) in [6.45, 7) is 5.74. The number of aryl methyl sites for hydroxylation is 2. The van der Waals surface area contributed by atoms with E-state index in [2.05, 4.69) is 10.00 Å². The molecule has 0 saturated carbocycles. The van der Waals surface area contributed by atoms with Crippen LogP contribution in [0.2, 0.25) is 0 Å². The number of Topliss-reactive ketones (excluding diaryl/α,β-unsaturated/α-hetero) is 1. The summed E-state index contributed by atoms with van der Waals surface area (Å²) in [5.74, 6) is 1.27. The van der Waals surface area contributed by atoms with Gasteiger partial charge in [0.1, 0.15) is 17.9 Å². The molecule has 8 nitrogen and oxygen atoms in total. The highest BCUT2D eigenvalue weighted by Gasteiger charge is 2.29. The molecule has 33 heavy (non-hydrogen) atoms. The van der Waals surface area contributed by atoms with Crippen LogP contribution in [0.1, 0.15) is 48.5 Å². The van der Waals surface area contributed by atoms with Gasteiger partial charge in [-0.05, 0) is 50.9 Å². The van der Waals surface area contributed by atoms with Crippen LogP contribution in [0, 0.1) is 0 Å². The van der Waals surface area contributed by atoms with Crippen LogP contribution in [0.5, 0.6) is 17.2 Å². The molecular formula is C25H33N3O5. The molecule has 3 heterocycles. The van der Waals surface area contributed by atoms with Gasteiger partial charge in [0.05, 0.1) is 31.6 Å². The third-order valence-corrected chi connectivity index (χ3v) is 6.05. The zero-order valence-electron chi connectivity index (χ0n) is 19.8. The van der Waals surface area contributed by atoms with E-state index in [4.69, 9.17) is 18.6 Å². The molecule has 4 rings (SSSR count). The van der Waals surface area contributed by atoms with E-state index in [1.54, 1.807) is 30.3 Å². The lowest BCUT2D eigenvalue weighted by Gasteiger charge is -2.26. The smallest absolute Gasteiger partial charge is 0.205 e. The number of aromatic nitrogens is 2. The summed E-state index contributed by atoms with van der Waals surface area (Å²) in [6.07, 6.45) is 9.89. The first-order valence-corrected chi connectivity index (χ1v) is 11.7. The molecule has 3 aromatic rings. The van der Waals surface area contributed by atoms with Crippen LogP contribution in [0.4, 0.5) is 0 Å². The fourth-order valence-corrected chi connectivity index (χ4v) is 4.43. The van der Waals surface area contributed by atoms with Crippen LogP contribution in [0.15, 0.2) is 29.1 Å². The van der Waals surface area contributed by atoms with Crippen molar-refractivity contribution in [1.82, 2.24) is 14.7 Å². The largest absolute Gasteiger partial charge is 0.492 e. The number of hydrogen-bond acceptors (Lipinski definition) is 7. The fourth-order valence-electron chi connectivity index (χ4n) is 4.43. The Balaban J connectivity index is 1.66. The van der Waals surface area contributed by atoms with Crippen molar-refractivity contribution in [2.75, 3.05) is 40.0 Å². The van der Waals surface area contributed by atoms with Gasteiger partial charge in [-0.1, -0.05) is 6.42 Å². The number of piperidine rings is 1. The summed E-state index contributed by atoms with van der Waals surface area (Å²) >= 11 is 0. The molecule has 0 unspecified atom stereocenters. The Morgan fingerprint density at radius 1 is 1.15 bits per heavy atom. The van der Waals surface area contributed by atoms with E-state index in [-0.39, 0.29) is 5.78 Å². The summed E-state index contributed by atoms with van der Waals surface area (Å²) in [4.78, 5) is 16.0. The average Bonchev–Trinajstić information content (AvgIpc) is 3.47. The molecule has 0 radical (unpaired) electrons. The minimum absolute atomic E-state index is 0.0586. The van der Waals surface area contributed by atoms with Crippen molar-refractivity contribution in [3.8, 4) is 17.2 Å². The van der Waals surface area contributed by atoms with Gasteiger partial charge in [-0.15, -0.1) is 0 Å². The van der Waals surface area contributed by atoms with Gasteiger partial charge in [-0.3, -0.25) is 14.4 Å². The number of hydrogen-bond donors (Lipinski definition) is 0. The quantitative estimate of drug-likeness (QED) is 0.400. The number of fused-ring (bicyclic) bond motifs is 1. The predicted molar refractivity (Wildman–Crippen MR) is 126 cm³/mol. The second-order valence-corrected chi connectivity index (χ2v) is 8.36. The molecule has 0 aliphatic carbocycles. The normalized spacial score (nSPS) is 14.5. The third-order valence-electron chi connectivity index (χ3n) is 6.05. The number of carbonyl (C=O) groups excluding carboxylic acids is 1. The first-order chi connectivity index (χ1) is 16.1. The van der Waals surface area contributed by atoms with Crippen molar-refractivity contribution in [3.05, 3.63) is 35.9 Å². The molecule has 0 spiro atoms. The monoisotopic (exact) mass is 455 g/mol. The van der Waals surface area contributed by atoms with E-state index in [1.807, 2.05) is 20.2 Å². The topological polar surface area (TPSA) is 79.0 Å². The number of nitrogens with zero attached hydrogens (tertiary/aromatic N) is 3. The highest BCUT2D eigenvalue weighted by atomic mass is 16.5. The molecule has 2 aromatic heterocycles. The van der Waals surface area contributed by atoms with Crippen LogP contribution in [0.3, 0.4) is 0 Å². The lowest BCUT2D eigenvalue weighted by atomic mass is 9.99. The van der Waals surface area contributed by atoms with E-state index >= 15 is 0 Å². The Morgan fingerprint density at radius 3 is 2.67 bits per heavy atom. The molecule has 1 aromatic carbocycles. The summed E-state index contributed by atoms with van der Waals surface area (Å²) in [5, 5.41) is 4.91. The van der Waals surface area contributed by atoms with Gasteiger partial charge in [0.2, 0.25) is 5.75 Å². The number of benzene rings is 1. The van der Waals surface area contributed by atoms with Gasteiger partial charge in [0.15, 0.2) is 17.1 Å². The Bertz CT molecular complexity index is 1080. The summed E-state index contributed by atoms with van der Waals surface area (Å²) < 4.78 is 25.4. The van der Waals surface area contributed by atoms with Crippen LogP contribution in [0.25, 0.3) is 11.0 Å². The molecule has 1 aliphatic rings.